The molecule has 0 radical (unpaired) electrons. The van der Waals surface area contributed by atoms with E-state index >= 15 is 0 Å². The maximum absolute atomic E-state index is 13.0. The number of nitrogens with zero attached hydrogens (tertiary/aromatic N) is 2. The molecule has 0 aliphatic carbocycles. The number of aliphatic carboxylic acids is 1. The van der Waals surface area contributed by atoms with Crippen molar-refractivity contribution in [3.05, 3.63) is 0 Å². The zero-order valence-electron chi connectivity index (χ0n) is 12.8. The van der Waals surface area contributed by atoms with Crippen molar-refractivity contribution in [2.45, 2.75) is 32.3 Å². The van der Waals surface area contributed by atoms with Gasteiger partial charge in [0.15, 0.2) is 0 Å². The maximum atomic E-state index is 13.0. The number of amides is 1. The van der Waals surface area contributed by atoms with Crippen molar-refractivity contribution < 1.29 is 57.8 Å². The van der Waals surface area contributed by atoms with E-state index in [0.29, 0.717) is 0 Å². The average molecular weight is 316 g/mol. The molecule has 1 rings (SSSR count). The van der Waals surface area contributed by atoms with Crippen LogP contribution in [0.15, 0.2) is 0 Å². The van der Waals surface area contributed by atoms with Crippen molar-refractivity contribution in [3.8, 4) is 0 Å². The molecule has 0 bridgehead atoms. The van der Waals surface area contributed by atoms with Crippen LogP contribution >= 0.6 is 0 Å². The average Bonchev–Trinajstić information content (AvgIpc) is 2.26. The molecular weight excluding hydrogens is 297 g/mol. The molecule has 1 amide bonds. The second-order valence-corrected chi connectivity index (χ2v) is 5.74. The maximum Gasteiger partial charge on any atom is 1.00 e. The number of hydrogen-bond donors (Lipinski definition) is 0. The Bertz CT molecular complexity index is 380. The summed E-state index contributed by atoms with van der Waals surface area (Å²) in [6, 6.07) is 0. The summed E-state index contributed by atoms with van der Waals surface area (Å²) < 4.78 is 31.2. The normalized spacial score (nSPS) is 17.1. The molecule has 1 fully saturated rings. The Hall–Kier alpha value is -0.440. The van der Waals surface area contributed by atoms with Gasteiger partial charge in [-0.25, -0.2) is 4.79 Å². The number of ether oxygens (including phenoxy) is 1. The Morgan fingerprint density at radius 1 is 1.14 bits per heavy atom. The van der Waals surface area contributed by atoms with E-state index in [1.165, 1.54) is 9.80 Å². The molecule has 1 heterocycles. The van der Waals surface area contributed by atoms with Gasteiger partial charge in [-0.15, -0.1) is 0 Å². The minimum Gasteiger partial charge on any atom is -0.544 e. The molecule has 0 spiro atoms. The summed E-state index contributed by atoms with van der Waals surface area (Å²) in [4.78, 5) is 24.7. The van der Waals surface area contributed by atoms with Crippen LogP contribution < -0.4 is 34.7 Å². The molecule has 116 valence electrons. The van der Waals surface area contributed by atoms with Crippen LogP contribution in [0.1, 0.15) is 20.8 Å². The van der Waals surface area contributed by atoms with Gasteiger partial charge in [0.05, 0.1) is 6.54 Å². The van der Waals surface area contributed by atoms with E-state index in [-0.39, 0.29) is 55.7 Å². The van der Waals surface area contributed by atoms with E-state index < -0.39 is 30.1 Å². The third-order valence-corrected chi connectivity index (χ3v) is 2.74. The number of piperazine rings is 1. The Kier molecular flexibility index (Phi) is 7.55. The quantitative estimate of drug-likeness (QED) is 0.517. The van der Waals surface area contributed by atoms with Gasteiger partial charge in [-0.2, -0.15) is 8.78 Å². The van der Waals surface area contributed by atoms with Crippen LogP contribution in [0.2, 0.25) is 0 Å². The SMILES string of the molecule is CC(C)(C)OC(=O)N1CCN(CC(F)(F)C(=O)[O-])CC1.[Na+]. The van der Waals surface area contributed by atoms with Crippen molar-refractivity contribution in [2.75, 3.05) is 32.7 Å². The van der Waals surface area contributed by atoms with Crippen LogP contribution in [0.3, 0.4) is 0 Å². The first-order chi connectivity index (χ1) is 9.01. The van der Waals surface area contributed by atoms with E-state index in [2.05, 4.69) is 0 Å². The van der Waals surface area contributed by atoms with E-state index in [9.17, 15) is 23.5 Å². The standard InChI is InChI=1S/C12H20F2N2O4.Na/c1-11(2,3)20-10(19)16-6-4-15(5-7-16)8-12(13,14)9(17)18;/h4-8H2,1-3H3,(H,17,18);/q;+1/p-1. The van der Waals surface area contributed by atoms with Crippen molar-refractivity contribution in [1.29, 1.82) is 0 Å². The van der Waals surface area contributed by atoms with Crippen LogP contribution in [0, 0.1) is 0 Å². The predicted molar refractivity (Wildman–Crippen MR) is 64.2 cm³/mol. The van der Waals surface area contributed by atoms with Gasteiger partial charge in [-0.05, 0) is 20.8 Å². The van der Waals surface area contributed by atoms with Crippen LogP contribution in [-0.4, -0.2) is 66.1 Å². The summed E-state index contributed by atoms with van der Waals surface area (Å²) in [5, 5.41) is 10.3. The summed E-state index contributed by atoms with van der Waals surface area (Å²) in [5.74, 6) is -6.26. The molecule has 0 N–H and O–H groups in total. The predicted octanol–water partition coefficient (Wildman–Crippen LogP) is -3.07. The van der Waals surface area contributed by atoms with Gasteiger partial charge in [-0.1, -0.05) is 0 Å². The number of carbonyl (C=O) groups is 2. The van der Waals surface area contributed by atoms with Crippen LogP contribution in [0.5, 0.6) is 0 Å². The largest absolute Gasteiger partial charge is 1.00 e. The first-order valence-corrected chi connectivity index (χ1v) is 6.31. The second kappa shape index (κ2) is 7.71. The molecule has 0 aromatic carbocycles. The fourth-order valence-electron chi connectivity index (χ4n) is 1.76. The molecule has 0 saturated carbocycles. The van der Waals surface area contributed by atoms with Crippen molar-refractivity contribution in [2.24, 2.45) is 0 Å². The fraction of sp³-hybridized carbons (Fsp3) is 0.833. The van der Waals surface area contributed by atoms with E-state index in [0.717, 1.165) is 0 Å². The molecule has 6 nitrogen and oxygen atoms in total. The topological polar surface area (TPSA) is 72.9 Å². The third-order valence-electron chi connectivity index (χ3n) is 2.74. The van der Waals surface area contributed by atoms with Crippen LogP contribution in [0.25, 0.3) is 0 Å². The molecule has 0 aromatic rings. The minimum absolute atomic E-state index is 0. The molecule has 21 heavy (non-hydrogen) atoms. The number of alkyl halides is 2. The molecule has 1 aliphatic rings. The van der Waals surface area contributed by atoms with Crippen molar-refractivity contribution in [1.82, 2.24) is 9.80 Å². The zero-order valence-corrected chi connectivity index (χ0v) is 14.8. The van der Waals surface area contributed by atoms with E-state index in [4.69, 9.17) is 4.74 Å². The van der Waals surface area contributed by atoms with Gasteiger partial charge >= 0.3 is 35.7 Å². The van der Waals surface area contributed by atoms with E-state index in [1.807, 2.05) is 0 Å². The zero-order chi connectivity index (χ0) is 15.6. The number of carbonyl (C=O) groups excluding carboxylic acids is 2. The number of hydrogen-bond acceptors (Lipinski definition) is 5. The Morgan fingerprint density at radius 2 is 1.62 bits per heavy atom. The smallest absolute Gasteiger partial charge is 0.544 e. The minimum atomic E-state index is -3.88. The van der Waals surface area contributed by atoms with Gasteiger partial charge in [0.2, 0.25) is 0 Å². The van der Waals surface area contributed by atoms with Crippen molar-refractivity contribution >= 4 is 12.1 Å². The molecular formula is C12H19F2N2NaO4. The first kappa shape index (κ1) is 20.6. The second-order valence-electron chi connectivity index (χ2n) is 5.74. The van der Waals surface area contributed by atoms with Crippen LogP contribution in [0.4, 0.5) is 13.6 Å². The first-order valence-electron chi connectivity index (χ1n) is 6.31. The number of halogens is 2. The Balaban J connectivity index is 0.00000400. The summed E-state index contributed by atoms with van der Waals surface area (Å²) in [6.45, 7) is 5.09. The molecule has 0 aromatic heterocycles. The molecule has 0 unspecified atom stereocenters. The summed E-state index contributed by atoms with van der Waals surface area (Å²) in [7, 11) is 0. The van der Waals surface area contributed by atoms with Gasteiger partial charge in [0.25, 0.3) is 5.92 Å². The van der Waals surface area contributed by atoms with Gasteiger partial charge < -0.3 is 19.5 Å². The molecule has 1 saturated heterocycles. The van der Waals surface area contributed by atoms with E-state index in [1.54, 1.807) is 20.8 Å². The monoisotopic (exact) mass is 316 g/mol. The molecule has 0 atom stereocenters. The summed E-state index contributed by atoms with van der Waals surface area (Å²) in [5.41, 5.74) is -0.615. The van der Waals surface area contributed by atoms with Gasteiger partial charge in [0.1, 0.15) is 11.6 Å². The fourth-order valence-corrected chi connectivity index (χ4v) is 1.76. The molecule has 1 aliphatic heterocycles. The summed E-state index contributed by atoms with van der Waals surface area (Å²) >= 11 is 0. The number of carboxylic acid groups (broad SMARTS) is 1. The third kappa shape index (κ3) is 6.90. The van der Waals surface area contributed by atoms with Gasteiger partial charge in [0, 0.05) is 26.2 Å². The van der Waals surface area contributed by atoms with Crippen molar-refractivity contribution in [3.63, 3.8) is 0 Å². The van der Waals surface area contributed by atoms with Gasteiger partial charge in [-0.3, -0.25) is 4.90 Å². The number of carboxylic acids is 1. The molecule has 9 heteroatoms. The number of rotatable bonds is 3. The Morgan fingerprint density at radius 3 is 2.00 bits per heavy atom. The van der Waals surface area contributed by atoms with Crippen LogP contribution in [-0.2, 0) is 9.53 Å². The summed E-state index contributed by atoms with van der Waals surface area (Å²) in [6.07, 6.45) is -0.496. The Labute approximate surface area is 144 Å².